The molecule has 1 heterocycles. The van der Waals surface area contributed by atoms with Gasteiger partial charge in [-0.2, -0.15) is 0 Å². The van der Waals surface area contributed by atoms with Crippen LogP contribution in [0.3, 0.4) is 0 Å². The maximum Gasteiger partial charge on any atom is 0.237 e. The van der Waals surface area contributed by atoms with E-state index >= 15 is 0 Å². The van der Waals surface area contributed by atoms with Gasteiger partial charge in [-0.25, -0.2) is 4.98 Å². The lowest BCUT2D eigenvalue weighted by Crippen LogP contribution is -2.34. The van der Waals surface area contributed by atoms with Gasteiger partial charge in [0.2, 0.25) is 11.8 Å². The van der Waals surface area contributed by atoms with E-state index < -0.39 is 5.60 Å². The first-order valence-electron chi connectivity index (χ1n) is 7.06. The fourth-order valence-corrected chi connectivity index (χ4v) is 2.83. The molecule has 0 unspecified atom stereocenters. The Morgan fingerprint density at radius 3 is 2.75 bits per heavy atom. The molecule has 0 spiro atoms. The monoisotopic (exact) mass is 278 g/mol. The molecule has 2 rings (SSSR count). The number of pyridine rings is 1. The molecule has 1 fully saturated rings. The minimum absolute atomic E-state index is 0.173. The highest BCUT2D eigenvalue weighted by Crippen LogP contribution is 2.35. The summed E-state index contributed by atoms with van der Waals surface area (Å²) in [6.45, 7) is 1.45. The van der Waals surface area contributed by atoms with Gasteiger partial charge in [-0.15, -0.1) is 0 Å². The summed E-state index contributed by atoms with van der Waals surface area (Å²) in [5.74, 6) is 0.213. The number of aromatic nitrogens is 1. The van der Waals surface area contributed by atoms with Crippen molar-refractivity contribution >= 4 is 11.6 Å². The van der Waals surface area contributed by atoms with Gasteiger partial charge in [0, 0.05) is 19.5 Å². The molecule has 1 aromatic heterocycles. The number of ether oxygens (including phenoxy) is 1. The third-order valence-corrected chi connectivity index (χ3v) is 3.80. The minimum atomic E-state index is -0.683. The number of hydrogen-bond acceptors (Lipinski definition) is 4. The summed E-state index contributed by atoms with van der Waals surface area (Å²) in [6, 6.07) is 1.83. The van der Waals surface area contributed by atoms with Gasteiger partial charge in [-0.1, -0.05) is 19.3 Å². The largest absolute Gasteiger partial charge is 0.480 e. The fourth-order valence-electron chi connectivity index (χ4n) is 2.83. The van der Waals surface area contributed by atoms with Crippen molar-refractivity contribution in [1.82, 2.24) is 4.98 Å². The van der Waals surface area contributed by atoms with Gasteiger partial charge < -0.3 is 15.2 Å². The molecule has 1 amide bonds. The lowest BCUT2D eigenvalue weighted by molar-refractivity contribution is -0.114. The van der Waals surface area contributed by atoms with Crippen molar-refractivity contribution in [2.45, 2.75) is 51.0 Å². The zero-order chi connectivity index (χ0) is 14.6. The minimum Gasteiger partial charge on any atom is -0.480 e. The van der Waals surface area contributed by atoms with Crippen LogP contribution in [-0.4, -0.2) is 28.7 Å². The predicted octanol–water partition coefficient (Wildman–Crippen LogP) is 2.29. The number of carbonyl (C=O) groups excluding carboxylic acids is 1. The predicted molar refractivity (Wildman–Crippen MR) is 76.8 cm³/mol. The maximum absolute atomic E-state index is 11.3. The number of nitrogens with one attached hydrogen (secondary N) is 1. The van der Waals surface area contributed by atoms with Gasteiger partial charge >= 0.3 is 0 Å². The summed E-state index contributed by atoms with van der Waals surface area (Å²) >= 11 is 0. The summed E-state index contributed by atoms with van der Waals surface area (Å²) in [7, 11) is 1.52. The van der Waals surface area contributed by atoms with Crippen molar-refractivity contribution in [3.63, 3.8) is 0 Å². The van der Waals surface area contributed by atoms with Crippen LogP contribution in [0.1, 0.15) is 44.6 Å². The Kier molecular flexibility index (Phi) is 4.60. The van der Waals surface area contributed by atoms with E-state index in [0.717, 1.165) is 31.2 Å². The Bertz CT molecular complexity index is 482. The Morgan fingerprint density at radius 2 is 2.15 bits per heavy atom. The van der Waals surface area contributed by atoms with Crippen molar-refractivity contribution in [2.75, 3.05) is 12.4 Å². The van der Waals surface area contributed by atoms with Crippen LogP contribution in [-0.2, 0) is 11.2 Å². The zero-order valence-electron chi connectivity index (χ0n) is 12.1. The highest BCUT2D eigenvalue weighted by Gasteiger charge is 2.30. The van der Waals surface area contributed by atoms with E-state index in [1.54, 1.807) is 6.20 Å². The molecule has 2 N–H and O–H groups in total. The number of rotatable bonds is 4. The summed E-state index contributed by atoms with van der Waals surface area (Å²) in [4.78, 5) is 15.5. The van der Waals surface area contributed by atoms with Crippen LogP contribution in [0.5, 0.6) is 5.88 Å². The van der Waals surface area contributed by atoms with Crippen molar-refractivity contribution in [1.29, 1.82) is 0 Å². The normalized spacial score (nSPS) is 17.6. The molecule has 5 heteroatoms. The Balaban J connectivity index is 2.27. The molecule has 110 valence electrons. The fraction of sp³-hybridized carbons (Fsp3) is 0.600. The van der Waals surface area contributed by atoms with Crippen molar-refractivity contribution in [3.05, 3.63) is 17.8 Å². The van der Waals surface area contributed by atoms with Crippen LogP contribution in [0.25, 0.3) is 0 Å². The van der Waals surface area contributed by atoms with Crippen LogP contribution in [0, 0.1) is 0 Å². The number of amides is 1. The number of methoxy groups -OCH3 is 1. The zero-order valence-corrected chi connectivity index (χ0v) is 12.1. The number of hydrogen-bond donors (Lipinski definition) is 2. The van der Waals surface area contributed by atoms with Gasteiger partial charge in [0.25, 0.3) is 0 Å². The van der Waals surface area contributed by atoms with Crippen LogP contribution in [0.15, 0.2) is 12.3 Å². The highest BCUT2D eigenvalue weighted by atomic mass is 16.5. The first kappa shape index (κ1) is 14.8. The number of anilines is 1. The first-order chi connectivity index (χ1) is 9.54. The van der Waals surface area contributed by atoms with E-state index in [1.165, 1.54) is 20.5 Å². The van der Waals surface area contributed by atoms with E-state index in [4.69, 9.17) is 4.74 Å². The lowest BCUT2D eigenvalue weighted by Gasteiger charge is -2.32. The molecule has 0 bridgehead atoms. The third kappa shape index (κ3) is 3.48. The molecule has 20 heavy (non-hydrogen) atoms. The molecule has 0 aromatic carbocycles. The molecule has 5 nitrogen and oxygen atoms in total. The van der Waals surface area contributed by atoms with Gasteiger partial charge in [-0.3, -0.25) is 4.79 Å². The van der Waals surface area contributed by atoms with Gasteiger partial charge in [-0.05, 0) is 24.5 Å². The van der Waals surface area contributed by atoms with Gasteiger partial charge in [0.15, 0.2) is 0 Å². The quantitative estimate of drug-likeness (QED) is 0.886. The van der Waals surface area contributed by atoms with E-state index in [2.05, 4.69) is 10.3 Å². The van der Waals surface area contributed by atoms with Crippen molar-refractivity contribution < 1.29 is 14.6 Å². The second-order valence-electron chi connectivity index (χ2n) is 5.50. The maximum atomic E-state index is 11.3. The van der Waals surface area contributed by atoms with Crippen LogP contribution >= 0.6 is 0 Å². The average Bonchev–Trinajstić information content (AvgIpc) is 2.40. The number of nitrogens with zero attached hydrogens (tertiary/aromatic N) is 1. The van der Waals surface area contributed by atoms with Crippen LogP contribution in [0.4, 0.5) is 5.69 Å². The summed E-state index contributed by atoms with van der Waals surface area (Å²) in [5, 5.41) is 13.4. The molecule has 0 atom stereocenters. The Morgan fingerprint density at radius 1 is 1.45 bits per heavy atom. The van der Waals surface area contributed by atoms with E-state index in [9.17, 15) is 9.90 Å². The van der Waals surface area contributed by atoms with Gasteiger partial charge in [0.05, 0.1) is 12.7 Å². The van der Waals surface area contributed by atoms with Crippen LogP contribution < -0.4 is 10.1 Å². The summed E-state index contributed by atoms with van der Waals surface area (Å²) in [6.07, 6.45) is 7.05. The molecule has 1 aliphatic carbocycles. The molecule has 1 aliphatic rings. The van der Waals surface area contributed by atoms with Crippen LogP contribution in [0.2, 0.25) is 0 Å². The Hall–Kier alpha value is -1.62. The van der Waals surface area contributed by atoms with E-state index in [-0.39, 0.29) is 5.91 Å². The molecular formula is C15H22N2O3. The molecular weight excluding hydrogens is 256 g/mol. The Labute approximate surface area is 119 Å². The number of carbonyl (C=O) groups is 1. The van der Waals surface area contributed by atoms with Gasteiger partial charge in [0.1, 0.15) is 5.69 Å². The standard InChI is InChI=1S/C15H22N2O3/c1-11(18)17-13-12(6-9-16-14(13)20-2)10-15(19)7-4-3-5-8-15/h6,9,19H,3-5,7-8,10H2,1-2H3,(H,17,18). The summed E-state index contributed by atoms with van der Waals surface area (Å²) < 4.78 is 5.20. The topological polar surface area (TPSA) is 71.5 Å². The number of aliphatic hydroxyl groups is 1. The molecule has 0 saturated heterocycles. The second-order valence-corrected chi connectivity index (χ2v) is 5.50. The van der Waals surface area contributed by atoms with E-state index in [0.29, 0.717) is 18.0 Å². The average molecular weight is 278 g/mol. The smallest absolute Gasteiger partial charge is 0.237 e. The SMILES string of the molecule is COc1nccc(CC2(O)CCCCC2)c1NC(C)=O. The van der Waals surface area contributed by atoms with Crippen molar-refractivity contribution in [2.24, 2.45) is 0 Å². The summed E-state index contributed by atoms with van der Waals surface area (Å²) in [5.41, 5.74) is 0.760. The molecule has 1 aromatic rings. The highest BCUT2D eigenvalue weighted by molar-refractivity contribution is 5.91. The second kappa shape index (κ2) is 6.22. The lowest BCUT2D eigenvalue weighted by atomic mass is 9.80. The first-order valence-corrected chi connectivity index (χ1v) is 7.06. The molecule has 0 radical (unpaired) electrons. The van der Waals surface area contributed by atoms with E-state index in [1.807, 2.05) is 6.07 Å². The molecule has 0 aliphatic heterocycles. The third-order valence-electron chi connectivity index (χ3n) is 3.80. The van der Waals surface area contributed by atoms with Crippen molar-refractivity contribution in [3.8, 4) is 5.88 Å². The molecule has 1 saturated carbocycles.